The van der Waals surface area contributed by atoms with Crippen molar-refractivity contribution in [1.29, 1.82) is 0 Å². The van der Waals surface area contributed by atoms with Gasteiger partial charge >= 0.3 is 0 Å². The third-order valence-corrected chi connectivity index (χ3v) is 5.26. The van der Waals surface area contributed by atoms with Crippen molar-refractivity contribution in [2.75, 3.05) is 6.61 Å². The molecule has 0 aliphatic carbocycles. The first-order valence-corrected chi connectivity index (χ1v) is 10.8. The molecule has 1 atom stereocenters. The Kier molecular flexibility index (Phi) is 8.13. The molecule has 0 radical (unpaired) electrons. The fourth-order valence-electron chi connectivity index (χ4n) is 3.26. The van der Waals surface area contributed by atoms with Crippen molar-refractivity contribution in [3.63, 3.8) is 0 Å². The van der Waals surface area contributed by atoms with Crippen molar-refractivity contribution in [2.24, 2.45) is 0 Å². The number of nitrogens with zero attached hydrogens (tertiary/aromatic N) is 1. The summed E-state index contributed by atoms with van der Waals surface area (Å²) < 4.78 is 5.88. The second-order valence-corrected chi connectivity index (χ2v) is 9.50. The van der Waals surface area contributed by atoms with Crippen LogP contribution >= 0.6 is 11.6 Å². The Morgan fingerprint density at radius 1 is 1.13 bits per heavy atom. The first-order valence-electron chi connectivity index (χ1n) is 10.4. The molecule has 168 valence electrons. The monoisotopic (exact) mass is 444 g/mol. The summed E-state index contributed by atoms with van der Waals surface area (Å²) >= 11 is 6.12. The molecular weight excluding hydrogens is 412 g/mol. The zero-order valence-corrected chi connectivity index (χ0v) is 20.3. The number of halogens is 1. The Hall–Kier alpha value is -2.53. The third kappa shape index (κ3) is 7.28. The van der Waals surface area contributed by atoms with Gasteiger partial charge in [-0.25, -0.2) is 0 Å². The van der Waals surface area contributed by atoms with E-state index in [0.29, 0.717) is 10.8 Å². The lowest BCUT2D eigenvalue weighted by Gasteiger charge is -2.31. The smallest absolute Gasteiger partial charge is 0.261 e. The van der Waals surface area contributed by atoms with Gasteiger partial charge in [-0.15, -0.1) is 0 Å². The number of hydrogen-bond acceptors (Lipinski definition) is 3. The zero-order valence-electron chi connectivity index (χ0n) is 19.5. The van der Waals surface area contributed by atoms with Gasteiger partial charge in [0.25, 0.3) is 5.91 Å². The van der Waals surface area contributed by atoms with Gasteiger partial charge in [0.2, 0.25) is 5.91 Å². The fourth-order valence-corrected chi connectivity index (χ4v) is 3.47. The molecule has 0 aliphatic rings. The normalized spacial score (nSPS) is 12.3. The van der Waals surface area contributed by atoms with Crippen molar-refractivity contribution >= 4 is 23.4 Å². The fraction of sp³-hybridized carbons (Fsp3) is 0.440. The van der Waals surface area contributed by atoms with Crippen LogP contribution in [0.4, 0.5) is 0 Å². The first kappa shape index (κ1) is 24.7. The Labute approximate surface area is 190 Å². The summed E-state index contributed by atoms with van der Waals surface area (Å²) in [4.78, 5) is 27.5. The summed E-state index contributed by atoms with van der Waals surface area (Å²) in [5.41, 5.74) is 3.62. The van der Waals surface area contributed by atoms with E-state index in [0.717, 1.165) is 22.3 Å². The highest BCUT2D eigenvalue weighted by Gasteiger charge is 2.28. The number of benzene rings is 2. The van der Waals surface area contributed by atoms with E-state index in [1.54, 1.807) is 19.1 Å². The molecular formula is C25H33ClN2O3. The van der Waals surface area contributed by atoms with Crippen LogP contribution in [0.25, 0.3) is 0 Å². The highest BCUT2D eigenvalue weighted by atomic mass is 35.5. The predicted octanol–water partition coefficient (Wildman–Crippen LogP) is 4.98. The van der Waals surface area contributed by atoms with Crippen molar-refractivity contribution in [3.8, 4) is 5.75 Å². The maximum atomic E-state index is 13.2. The molecule has 1 unspecified atom stereocenters. The van der Waals surface area contributed by atoms with Gasteiger partial charge in [0.05, 0.1) is 0 Å². The molecule has 2 aromatic carbocycles. The highest BCUT2D eigenvalue weighted by Crippen LogP contribution is 2.23. The van der Waals surface area contributed by atoms with E-state index in [1.807, 2.05) is 59.7 Å². The van der Waals surface area contributed by atoms with E-state index in [4.69, 9.17) is 16.3 Å². The van der Waals surface area contributed by atoms with Crippen molar-refractivity contribution in [1.82, 2.24) is 10.2 Å². The van der Waals surface area contributed by atoms with Gasteiger partial charge in [0, 0.05) is 17.1 Å². The Bertz CT molecular complexity index is 950. The zero-order chi connectivity index (χ0) is 23.3. The minimum Gasteiger partial charge on any atom is -0.483 e. The van der Waals surface area contributed by atoms with Crippen LogP contribution in [0.5, 0.6) is 5.75 Å². The van der Waals surface area contributed by atoms with Crippen molar-refractivity contribution in [2.45, 2.75) is 66.6 Å². The molecule has 1 N–H and O–H groups in total. The maximum Gasteiger partial charge on any atom is 0.261 e. The number of hydrogen-bond donors (Lipinski definition) is 1. The lowest BCUT2D eigenvalue weighted by Crippen LogP contribution is -2.53. The van der Waals surface area contributed by atoms with Crippen LogP contribution < -0.4 is 10.1 Å². The quantitative estimate of drug-likeness (QED) is 0.655. The van der Waals surface area contributed by atoms with Gasteiger partial charge in [0.15, 0.2) is 6.61 Å². The SMILES string of the molecule is Cc1cc(C)c(C)c(OCC(=O)N(Cc2cccc(Cl)c2)C(C)C(=O)NC(C)(C)C)c1. The van der Waals surface area contributed by atoms with E-state index >= 15 is 0 Å². The van der Waals surface area contributed by atoms with E-state index in [2.05, 4.69) is 11.4 Å². The number of carbonyl (C=O) groups excluding carboxylic acids is 2. The lowest BCUT2D eigenvalue weighted by molar-refractivity contribution is -0.142. The number of amides is 2. The van der Waals surface area contributed by atoms with Gasteiger partial charge in [-0.3, -0.25) is 9.59 Å². The predicted molar refractivity (Wildman–Crippen MR) is 126 cm³/mol. The summed E-state index contributed by atoms with van der Waals surface area (Å²) in [5.74, 6) is 0.195. The molecule has 0 fully saturated rings. The van der Waals surface area contributed by atoms with Crippen LogP contribution in [-0.4, -0.2) is 34.9 Å². The summed E-state index contributed by atoms with van der Waals surface area (Å²) in [6.07, 6.45) is 0. The first-order chi connectivity index (χ1) is 14.4. The molecule has 5 nitrogen and oxygen atoms in total. The molecule has 0 bridgehead atoms. The highest BCUT2D eigenvalue weighted by molar-refractivity contribution is 6.30. The summed E-state index contributed by atoms with van der Waals surface area (Å²) in [6.45, 7) is 13.5. The van der Waals surface area contributed by atoms with E-state index < -0.39 is 11.6 Å². The molecule has 2 aromatic rings. The van der Waals surface area contributed by atoms with E-state index in [9.17, 15) is 9.59 Å². The second-order valence-electron chi connectivity index (χ2n) is 9.06. The van der Waals surface area contributed by atoms with Gasteiger partial charge in [-0.2, -0.15) is 0 Å². The van der Waals surface area contributed by atoms with E-state index in [-0.39, 0.29) is 25.0 Å². The van der Waals surface area contributed by atoms with Crippen LogP contribution in [-0.2, 0) is 16.1 Å². The molecule has 0 spiro atoms. The van der Waals surface area contributed by atoms with Gasteiger partial charge < -0.3 is 15.0 Å². The summed E-state index contributed by atoms with van der Waals surface area (Å²) in [7, 11) is 0. The Morgan fingerprint density at radius 2 is 1.81 bits per heavy atom. The molecule has 0 aliphatic heterocycles. The number of nitrogens with one attached hydrogen (secondary N) is 1. The van der Waals surface area contributed by atoms with Crippen molar-refractivity contribution < 1.29 is 14.3 Å². The average molecular weight is 445 g/mol. The average Bonchev–Trinajstić information content (AvgIpc) is 2.65. The van der Waals surface area contributed by atoms with Crippen LogP contribution in [0.2, 0.25) is 5.02 Å². The summed E-state index contributed by atoms with van der Waals surface area (Å²) in [6, 6.07) is 10.6. The molecule has 2 rings (SSSR count). The van der Waals surface area contributed by atoms with Gasteiger partial charge in [-0.1, -0.05) is 29.8 Å². The molecule has 0 saturated carbocycles. The molecule has 6 heteroatoms. The number of rotatable bonds is 7. The largest absolute Gasteiger partial charge is 0.483 e. The van der Waals surface area contributed by atoms with Gasteiger partial charge in [-0.05, 0) is 88.9 Å². The number of aryl methyl sites for hydroxylation is 2. The van der Waals surface area contributed by atoms with Crippen LogP contribution in [0.15, 0.2) is 36.4 Å². The second kappa shape index (κ2) is 10.2. The number of carbonyl (C=O) groups is 2. The molecule has 0 heterocycles. The molecule has 0 saturated heterocycles. The van der Waals surface area contributed by atoms with E-state index in [1.165, 1.54) is 4.90 Å². The topological polar surface area (TPSA) is 58.6 Å². The lowest BCUT2D eigenvalue weighted by atomic mass is 10.1. The molecule has 0 aromatic heterocycles. The molecule has 31 heavy (non-hydrogen) atoms. The Morgan fingerprint density at radius 3 is 2.42 bits per heavy atom. The van der Waals surface area contributed by atoms with Crippen LogP contribution in [0.1, 0.15) is 49.9 Å². The maximum absolute atomic E-state index is 13.2. The number of ether oxygens (including phenoxy) is 1. The van der Waals surface area contributed by atoms with Crippen LogP contribution in [0.3, 0.4) is 0 Å². The summed E-state index contributed by atoms with van der Waals surface area (Å²) in [5, 5.41) is 3.53. The Balaban J connectivity index is 2.24. The van der Waals surface area contributed by atoms with Crippen molar-refractivity contribution in [3.05, 3.63) is 63.7 Å². The standard InChI is InChI=1S/C25H33ClN2O3/c1-16-11-17(2)18(3)22(12-16)31-15-23(29)28(14-20-9-8-10-21(26)13-20)19(4)24(30)27-25(5,6)7/h8-13,19H,14-15H2,1-7H3,(H,27,30). The third-order valence-electron chi connectivity index (χ3n) is 5.02. The minimum absolute atomic E-state index is 0.155. The minimum atomic E-state index is -0.672. The van der Waals surface area contributed by atoms with Crippen LogP contribution in [0, 0.1) is 20.8 Å². The van der Waals surface area contributed by atoms with Gasteiger partial charge in [0.1, 0.15) is 11.8 Å². The molecule has 2 amide bonds.